The molecule has 0 nitrogen and oxygen atoms in total. The number of hydrogen-bond acceptors (Lipinski definition) is 0. The van der Waals surface area contributed by atoms with Gasteiger partial charge in [-0.25, -0.2) is 0 Å². The SMILES string of the molecule is C(#CC(CCCC/C=C/c1ccccc1)C(C#Cc1ccccc1)CCCC/C=C/c1ccccc1)c1ccccc1. The average Bonchev–Trinajstić information content (AvgIpc) is 3.05. The van der Waals surface area contributed by atoms with Crippen LogP contribution in [0.25, 0.3) is 12.2 Å². The van der Waals surface area contributed by atoms with Crippen molar-refractivity contribution in [3.63, 3.8) is 0 Å². The standard InChI is InChI=1S/C42H42/c1(9-21-37-23-11-5-12-24-37)3-19-31-41(35-33-39-27-15-7-16-28-39)42(36-34-40-29-17-8-18-30-40)32-20-4-2-10-22-38-25-13-6-14-26-38/h5-18,21-30,41-42H,1-4,19-20,31-32H2/b21-9+,22-10+. The zero-order chi connectivity index (χ0) is 28.9. The second kappa shape index (κ2) is 18.8. The van der Waals surface area contributed by atoms with Crippen molar-refractivity contribution in [2.45, 2.75) is 51.4 Å². The van der Waals surface area contributed by atoms with Crippen LogP contribution in [0.3, 0.4) is 0 Å². The average molecular weight is 547 g/mol. The van der Waals surface area contributed by atoms with Crippen molar-refractivity contribution in [2.24, 2.45) is 11.8 Å². The van der Waals surface area contributed by atoms with Gasteiger partial charge in [0.1, 0.15) is 0 Å². The summed E-state index contributed by atoms with van der Waals surface area (Å²) < 4.78 is 0. The highest BCUT2D eigenvalue weighted by atomic mass is 14.2. The van der Waals surface area contributed by atoms with Crippen LogP contribution in [-0.2, 0) is 0 Å². The van der Waals surface area contributed by atoms with Gasteiger partial charge in [-0.05, 0) is 73.9 Å². The largest absolute Gasteiger partial charge is 0.0932 e. The molecule has 2 atom stereocenters. The summed E-state index contributed by atoms with van der Waals surface area (Å²) in [6.45, 7) is 0. The molecule has 0 saturated heterocycles. The van der Waals surface area contributed by atoms with E-state index in [2.05, 4.69) is 157 Å². The van der Waals surface area contributed by atoms with Gasteiger partial charge < -0.3 is 0 Å². The Balaban J connectivity index is 1.41. The van der Waals surface area contributed by atoms with E-state index in [4.69, 9.17) is 0 Å². The van der Waals surface area contributed by atoms with E-state index in [1.807, 2.05) is 12.1 Å². The van der Waals surface area contributed by atoms with Gasteiger partial charge in [-0.15, -0.1) is 0 Å². The Hall–Kier alpha value is -4.52. The van der Waals surface area contributed by atoms with Crippen molar-refractivity contribution < 1.29 is 0 Å². The Morgan fingerprint density at radius 2 is 0.786 bits per heavy atom. The first-order valence-corrected chi connectivity index (χ1v) is 15.4. The molecule has 0 aliphatic carbocycles. The molecule has 0 bridgehead atoms. The molecule has 0 radical (unpaired) electrons. The molecule has 0 aromatic heterocycles. The van der Waals surface area contributed by atoms with E-state index in [-0.39, 0.29) is 11.8 Å². The van der Waals surface area contributed by atoms with Crippen molar-refractivity contribution in [3.8, 4) is 23.7 Å². The van der Waals surface area contributed by atoms with E-state index >= 15 is 0 Å². The molecule has 0 heteroatoms. The third-order valence-corrected chi connectivity index (χ3v) is 7.33. The molecular weight excluding hydrogens is 504 g/mol. The van der Waals surface area contributed by atoms with Crippen molar-refractivity contribution >= 4 is 12.2 Å². The molecule has 2 unspecified atom stereocenters. The second-order valence-electron chi connectivity index (χ2n) is 10.7. The number of unbranched alkanes of at least 4 members (excludes halogenated alkanes) is 4. The molecule has 0 spiro atoms. The lowest BCUT2D eigenvalue weighted by Gasteiger charge is -2.18. The Bertz CT molecular complexity index is 1340. The summed E-state index contributed by atoms with van der Waals surface area (Å²) >= 11 is 0. The van der Waals surface area contributed by atoms with Gasteiger partial charge in [0.05, 0.1) is 0 Å². The Morgan fingerprint density at radius 1 is 0.429 bits per heavy atom. The molecule has 4 rings (SSSR count). The van der Waals surface area contributed by atoms with E-state index < -0.39 is 0 Å². The fourth-order valence-electron chi connectivity index (χ4n) is 4.96. The normalized spacial score (nSPS) is 12.3. The third kappa shape index (κ3) is 11.9. The first-order chi connectivity index (χ1) is 20.9. The Morgan fingerprint density at radius 3 is 1.17 bits per heavy atom. The van der Waals surface area contributed by atoms with Gasteiger partial charge in [-0.3, -0.25) is 0 Å². The van der Waals surface area contributed by atoms with Crippen molar-refractivity contribution in [1.82, 2.24) is 0 Å². The molecule has 0 fully saturated rings. The lowest BCUT2D eigenvalue weighted by Crippen LogP contribution is -2.12. The van der Waals surface area contributed by atoms with Crippen LogP contribution >= 0.6 is 0 Å². The van der Waals surface area contributed by atoms with E-state index in [0.29, 0.717) is 0 Å². The molecule has 0 aliphatic rings. The van der Waals surface area contributed by atoms with Gasteiger partial charge >= 0.3 is 0 Å². The first-order valence-electron chi connectivity index (χ1n) is 15.4. The zero-order valence-corrected chi connectivity index (χ0v) is 24.7. The lowest BCUT2D eigenvalue weighted by molar-refractivity contribution is 0.416. The van der Waals surface area contributed by atoms with Crippen molar-refractivity contribution in [2.75, 3.05) is 0 Å². The minimum Gasteiger partial charge on any atom is -0.0932 e. The highest BCUT2D eigenvalue weighted by Crippen LogP contribution is 2.25. The Labute approximate surface area is 254 Å². The molecule has 0 aliphatic heterocycles. The molecule has 4 aromatic carbocycles. The quantitative estimate of drug-likeness (QED) is 0.116. The van der Waals surface area contributed by atoms with Crippen LogP contribution in [0.4, 0.5) is 0 Å². The summed E-state index contributed by atoms with van der Waals surface area (Å²) in [5.41, 5.74) is 4.68. The summed E-state index contributed by atoms with van der Waals surface area (Å²) in [4.78, 5) is 0. The zero-order valence-electron chi connectivity index (χ0n) is 24.7. The fourth-order valence-corrected chi connectivity index (χ4v) is 4.96. The summed E-state index contributed by atoms with van der Waals surface area (Å²) in [7, 11) is 0. The van der Waals surface area contributed by atoms with E-state index in [1.165, 1.54) is 11.1 Å². The smallest absolute Gasteiger partial charge is 0.0344 e. The maximum absolute atomic E-state index is 3.68. The molecule has 0 amide bonds. The molecule has 0 heterocycles. The van der Waals surface area contributed by atoms with Crippen LogP contribution in [-0.4, -0.2) is 0 Å². The predicted octanol–water partition coefficient (Wildman–Crippen LogP) is 10.9. The van der Waals surface area contributed by atoms with Crippen LogP contribution in [0, 0.1) is 35.5 Å². The number of allylic oxidation sites excluding steroid dienone is 2. The van der Waals surface area contributed by atoms with Gasteiger partial charge in [-0.2, -0.15) is 0 Å². The monoisotopic (exact) mass is 546 g/mol. The van der Waals surface area contributed by atoms with Crippen LogP contribution in [0.15, 0.2) is 133 Å². The number of hydrogen-bond donors (Lipinski definition) is 0. The Kier molecular flexibility index (Phi) is 13.6. The maximum atomic E-state index is 3.68. The summed E-state index contributed by atoms with van der Waals surface area (Å²) in [6.07, 6.45) is 18.0. The topological polar surface area (TPSA) is 0 Å². The molecule has 210 valence electrons. The van der Waals surface area contributed by atoms with Crippen LogP contribution in [0.1, 0.15) is 73.6 Å². The highest BCUT2D eigenvalue weighted by molar-refractivity contribution is 5.49. The van der Waals surface area contributed by atoms with Crippen molar-refractivity contribution in [1.29, 1.82) is 0 Å². The maximum Gasteiger partial charge on any atom is 0.0344 e. The fraction of sp³-hybridized carbons (Fsp3) is 0.238. The van der Waals surface area contributed by atoms with E-state index in [1.54, 1.807) is 0 Å². The molecule has 0 saturated carbocycles. The van der Waals surface area contributed by atoms with Crippen LogP contribution in [0.5, 0.6) is 0 Å². The van der Waals surface area contributed by atoms with Crippen LogP contribution in [0.2, 0.25) is 0 Å². The highest BCUT2D eigenvalue weighted by Gasteiger charge is 2.17. The summed E-state index contributed by atoms with van der Waals surface area (Å²) in [5, 5.41) is 0. The lowest BCUT2D eigenvalue weighted by atomic mass is 9.84. The number of rotatable bonds is 13. The van der Waals surface area contributed by atoms with Gasteiger partial charge in [0.2, 0.25) is 0 Å². The van der Waals surface area contributed by atoms with E-state index in [9.17, 15) is 0 Å². The minimum absolute atomic E-state index is 0.249. The first kappa shape index (κ1) is 30.4. The molecule has 0 N–H and O–H groups in total. The minimum atomic E-state index is 0.249. The van der Waals surface area contributed by atoms with Crippen molar-refractivity contribution in [3.05, 3.63) is 156 Å². The van der Waals surface area contributed by atoms with Gasteiger partial charge in [0, 0.05) is 23.0 Å². The molecule has 42 heavy (non-hydrogen) atoms. The molecule has 4 aromatic rings. The van der Waals surface area contributed by atoms with Gasteiger partial charge in [0.25, 0.3) is 0 Å². The number of benzene rings is 4. The van der Waals surface area contributed by atoms with Gasteiger partial charge in [0.15, 0.2) is 0 Å². The molecular formula is C42H42. The van der Waals surface area contributed by atoms with E-state index in [0.717, 1.165) is 62.5 Å². The van der Waals surface area contributed by atoms with Gasteiger partial charge in [-0.1, -0.05) is 158 Å². The third-order valence-electron chi connectivity index (χ3n) is 7.33. The van der Waals surface area contributed by atoms with Crippen LogP contribution < -0.4 is 0 Å². The summed E-state index contributed by atoms with van der Waals surface area (Å²) in [6, 6.07) is 41.8. The summed E-state index contributed by atoms with van der Waals surface area (Å²) in [5.74, 6) is 14.8. The second-order valence-corrected chi connectivity index (χ2v) is 10.7. The predicted molar refractivity (Wildman–Crippen MR) is 182 cm³/mol.